The zero-order chi connectivity index (χ0) is 45.3. The molecule has 3 aliphatic heterocycles. The number of rotatable bonds is 21. The topological polar surface area (TPSA) is 260 Å². The molecule has 0 aliphatic carbocycles. The lowest BCUT2D eigenvalue weighted by molar-refractivity contribution is -0.136. The van der Waals surface area contributed by atoms with Gasteiger partial charge in [0.2, 0.25) is 33.7 Å². The lowest BCUT2D eigenvalue weighted by Gasteiger charge is -2.31. The van der Waals surface area contributed by atoms with E-state index in [2.05, 4.69) is 47.2 Å². The number of Topliss-reactive ketones (excluding diaryl/α,β-unsaturated/α-hetero) is 1. The minimum atomic E-state index is -3.64. The number of unbranched alkanes of at least 4 members (excludes halogenated alkanes) is 4. The third-order valence-electron chi connectivity index (χ3n) is 11.5. The highest BCUT2D eigenvalue weighted by Gasteiger charge is 2.45. The number of aryl methyl sites for hydroxylation is 2. The summed E-state index contributed by atoms with van der Waals surface area (Å²) in [6.07, 6.45) is 7.64. The largest absolute Gasteiger partial charge is 0.366 e. The van der Waals surface area contributed by atoms with Crippen molar-refractivity contribution >= 4 is 84.6 Å². The smallest absolute Gasteiger partial charge is 0.262 e. The molecular formula is C43H52BrN9O9S. The summed E-state index contributed by atoms with van der Waals surface area (Å²) in [5.74, 6) is -2.60. The second kappa shape index (κ2) is 21.2. The van der Waals surface area contributed by atoms with E-state index in [1.54, 1.807) is 43.5 Å². The summed E-state index contributed by atoms with van der Waals surface area (Å²) in [6, 6.07) is 9.33. The lowest BCUT2D eigenvalue weighted by atomic mass is 9.97. The first kappa shape index (κ1) is 46.9. The number of sulfonamides is 1. The molecule has 1 aromatic heterocycles. The molecule has 2 aromatic carbocycles. The van der Waals surface area contributed by atoms with E-state index in [0.29, 0.717) is 65.2 Å². The fourth-order valence-corrected chi connectivity index (χ4v) is 9.76. The monoisotopic (exact) mass is 949 g/mol. The number of nitrogens with one attached hydrogen (secondary N) is 4. The Morgan fingerprint density at radius 3 is 2.40 bits per heavy atom. The average Bonchev–Trinajstić information content (AvgIpc) is 3.49. The summed E-state index contributed by atoms with van der Waals surface area (Å²) in [4.78, 5) is 97.2. The number of nitrogens with two attached hydrogens (primary N) is 1. The van der Waals surface area contributed by atoms with E-state index in [-0.39, 0.29) is 74.4 Å². The SMILES string of the molecule is Cc1cccc(Nc2nc(NC3CCN(S(=O)(=O)CCNC(=O)CCC(=O)CCCCCCCc4cccc5c4C(=O)N(C4CCC(=O)NC4=O)C5=O)CC3)ncc2Br)c1C(N)=O. The van der Waals surface area contributed by atoms with Crippen molar-refractivity contribution in [2.75, 3.05) is 36.0 Å². The van der Waals surface area contributed by atoms with Crippen molar-refractivity contribution in [1.29, 1.82) is 0 Å². The molecule has 0 saturated carbocycles. The Balaban J connectivity index is 0.827. The van der Waals surface area contributed by atoms with Crippen molar-refractivity contribution in [1.82, 2.24) is 29.8 Å². The predicted octanol–water partition coefficient (Wildman–Crippen LogP) is 4.05. The summed E-state index contributed by atoms with van der Waals surface area (Å²) >= 11 is 3.44. The Hall–Kier alpha value is -5.60. The van der Waals surface area contributed by atoms with E-state index in [4.69, 9.17) is 5.73 Å². The van der Waals surface area contributed by atoms with E-state index >= 15 is 0 Å². The van der Waals surface area contributed by atoms with Gasteiger partial charge in [-0.05, 0) is 84.6 Å². The van der Waals surface area contributed by atoms with Crippen molar-refractivity contribution in [3.8, 4) is 0 Å². The molecule has 20 heteroatoms. The van der Waals surface area contributed by atoms with Gasteiger partial charge < -0.3 is 21.7 Å². The highest BCUT2D eigenvalue weighted by molar-refractivity contribution is 9.10. The number of halogens is 1. The number of benzene rings is 2. The van der Waals surface area contributed by atoms with Gasteiger partial charge >= 0.3 is 0 Å². The van der Waals surface area contributed by atoms with E-state index in [0.717, 1.165) is 41.7 Å². The van der Waals surface area contributed by atoms with Gasteiger partial charge in [0.15, 0.2) is 0 Å². The van der Waals surface area contributed by atoms with Gasteiger partial charge in [-0.15, -0.1) is 0 Å². The fraction of sp³-hybridized carbons (Fsp3) is 0.465. The average molecular weight is 951 g/mol. The Morgan fingerprint density at radius 2 is 1.65 bits per heavy atom. The van der Waals surface area contributed by atoms with Crippen LogP contribution >= 0.6 is 15.9 Å². The fourth-order valence-electron chi connectivity index (χ4n) is 8.09. The van der Waals surface area contributed by atoms with Crippen LogP contribution in [0, 0.1) is 6.92 Å². The minimum Gasteiger partial charge on any atom is -0.366 e. The number of fused-ring (bicyclic) bond motifs is 1. The molecular weight excluding hydrogens is 898 g/mol. The Morgan fingerprint density at radius 1 is 0.921 bits per heavy atom. The second-order valence-corrected chi connectivity index (χ2v) is 18.9. The standard InChI is InChI=1S/C43H52BrN9O9S/c1-26-9-7-14-32(36(26)38(45)57)49-39-31(44)25-47-43(51-39)48-28-19-22-52(23-20-28)63(61,62)24-21-46-34(55)17-15-29(54)12-6-4-2-3-5-10-27-11-8-13-30-37(27)42(60)53(41(30)59)33-16-18-35(56)50-40(33)58/h7-9,11,13-14,25,28,33H,2-6,10,12,15-24H2,1H3,(H2,45,57)(H,46,55)(H,50,56,58)(H2,47,48,49,51). The number of nitrogens with zero attached hydrogens (tertiary/aromatic N) is 4. The number of primary amides is 1. The molecule has 2 fully saturated rings. The predicted molar refractivity (Wildman–Crippen MR) is 236 cm³/mol. The van der Waals surface area contributed by atoms with Crippen LogP contribution in [0.1, 0.15) is 119 Å². The molecule has 0 bridgehead atoms. The third kappa shape index (κ3) is 11.9. The first-order chi connectivity index (χ1) is 30.1. The van der Waals surface area contributed by atoms with Gasteiger partial charge in [-0.2, -0.15) is 4.98 Å². The zero-order valence-corrected chi connectivity index (χ0v) is 37.4. The van der Waals surface area contributed by atoms with E-state index in [9.17, 15) is 42.0 Å². The Bertz CT molecular complexity index is 2390. The number of hydrogen-bond donors (Lipinski definition) is 5. The van der Waals surface area contributed by atoms with Crippen molar-refractivity contribution in [3.05, 3.63) is 74.9 Å². The zero-order valence-electron chi connectivity index (χ0n) is 35.0. The maximum absolute atomic E-state index is 13.3. The molecule has 2 saturated heterocycles. The van der Waals surface area contributed by atoms with E-state index < -0.39 is 45.6 Å². The maximum Gasteiger partial charge on any atom is 0.262 e. The van der Waals surface area contributed by atoms with E-state index in [1.165, 1.54) is 4.31 Å². The second-order valence-electron chi connectivity index (χ2n) is 16.0. The van der Waals surface area contributed by atoms with Crippen LogP contribution in [0.15, 0.2) is 47.1 Å². The number of aromatic nitrogens is 2. The molecule has 18 nitrogen and oxygen atoms in total. The number of carbonyl (C=O) groups excluding carboxylic acids is 7. The normalized spacial score (nSPS) is 17.0. The number of amides is 6. The van der Waals surface area contributed by atoms with Gasteiger partial charge in [-0.3, -0.25) is 43.8 Å². The van der Waals surface area contributed by atoms with Crippen LogP contribution in [0.2, 0.25) is 0 Å². The summed E-state index contributed by atoms with van der Waals surface area (Å²) < 4.78 is 28.1. The molecule has 1 atom stereocenters. The molecule has 4 heterocycles. The molecule has 6 amide bonds. The van der Waals surface area contributed by atoms with E-state index in [1.807, 2.05) is 6.07 Å². The summed E-state index contributed by atoms with van der Waals surface area (Å²) in [6.45, 7) is 2.28. The van der Waals surface area contributed by atoms with Crippen LogP contribution in [0.25, 0.3) is 0 Å². The van der Waals surface area contributed by atoms with Gasteiger partial charge in [0.05, 0.1) is 32.6 Å². The molecule has 0 spiro atoms. The van der Waals surface area contributed by atoms with Crippen molar-refractivity contribution in [2.45, 2.75) is 102 Å². The van der Waals surface area contributed by atoms with Crippen LogP contribution in [0.4, 0.5) is 17.5 Å². The highest BCUT2D eigenvalue weighted by atomic mass is 79.9. The molecule has 1 unspecified atom stereocenters. The number of ketones is 1. The first-order valence-corrected chi connectivity index (χ1v) is 23.6. The maximum atomic E-state index is 13.3. The summed E-state index contributed by atoms with van der Waals surface area (Å²) in [5.41, 5.74) is 8.49. The van der Waals surface area contributed by atoms with Gasteiger partial charge in [-0.1, -0.05) is 43.5 Å². The molecule has 3 aromatic rings. The van der Waals surface area contributed by atoms with Gasteiger partial charge in [0.1, 0.15) is 17.6 Å². The van der Waals surface area contributed by atoms with Crippen molar-refractivity contribution in [3.63, 3.8) is 0 Å². The number of imide groups is 2. The number of hydrogen-bond acceptors (Lipinski definition) is 13. The summed E-state index contributed by atoms with van der Waals surface area (Å²) in [5, 5.41) is 11.2. The molecule has 336 valence electrons. The third-order valence-corrected chi connectivity index (χ3v) is 13.9. The van der Waals surface area contributed by atoms with Crippen LogP contribution in [-0.4, -0.2) is 106 Å². The van der Waals surface area contributed by atoms with Crippen molar-refractivity contribution in [2.24, 2.45) is 5.73 Å². The van der Waals surface area contributed by atoms with Crippen molar-refractivity contribution < 1.29 is 42.0 Å². The van der Waals surface area contributed by atoms with Crippen LogP contribution < -0.4 is 27.0 Å². The lowest BCUT2D eigenvalue weighted by Crippen LogP contribution is -2.54. The minimum absolute atomic E-state index is 0.0216. The van der Waals surface area contributed by atoms with Gasteiger partial charge in [0, 0.05) is 57.6 Å². The Labute approximate surface area is 374 Å². The molecule has 63 heavy (non-hydrogen) atoms. The van der Waals surface area contributed by atoms with Crippen LogP contribution in [-0.2, 0) is 35.6 Å². The molecule has 3 aliphatic rings. The Kier molecular flexibility index (Phi) is 15.8. The van der Waals surface area contributed by atoms with Crippen LogP contribution in [0.5, 0.6) is 0 Å². The quantitative estimate of drug-likeness (QED) is 0.0747. The number of carbonyl (C=O) groups is 7. The number of piperidine rings is 2. The summed E-state index contributed by atoms with van der Waals surface area (Å²) in [7, 11) is -3.64. The highest BCUT2D eigenvalue weighted by Crippen LogP contribution is 2.32. The van der Waals surface area contributed by atoms with Gasteiger partial charge in [-0.25, -0.2) is 17.7 Å². The first-order valence-electron chi connectivity index (χ1n) is 21.2. The van der Waals surface area contributed by atoms with Gasteiger partial charge in [0.25, 0.3) is 17.7 Å². The van der Waals surface area contributed by atoms with Crippen LogP contribution in [0.3, 0.4) is 0 Å². The number of anilines is 3. The molecule has 0 radical (unpaired) electrons. The molecule has 6 N–H and O–H groups in total. The molecule has 6 rings (SSSR count).